The molecule has 0 spiro atoms. The van der Waals surface area contributed by atoms with Gasteiger partial charge in [-0.1, -0.05) is 23.7 Å². The molecule has 4 rings (SSSR count). The van der Waals surface area contributed by atoms with Crippen molar-refractivity contribution in [3.63, 3.8) is 0 Å². The molecule has 0 aliphatic heterocycles. The Hall–Kier alpha value is -3.19. The van der Waals surface area contributed by atoms with Crippen molar-refractivity contribution in [2.75, 3.05) is 0 Å². The molecular weight excluding hydrogens is 364 g/mol. The minimum absolute atomic E-state index is 0.227. The Bertz CT molecular complexity index is 1150. The van der Waals surface area contributed by atoms with Crippen molar-refractivity contribution in [3.8, 4) is 11.4 Å². The number of imidazole rings is 1. The predicted molar refractivity (Wildman–Crippen MR) is 103 cm³/mol. The van der Waals surface area contributed by atoms with Gasteiger partial charge in [-0.2, -0.15) is 5.10 Å². The second-order valence-corrected chi connectivity index (χ2v) is 6.67. The minimum atomic E-state index is -0.227. The summed E-state index contributed by atoms with van der Waals surface area (Å²) in [5.41, 5.74) is 4.30. The molecule has 0 unspecified atom stereocenters. The zero-order valence-corrected chi connectivity index (χ0v) is 15.6. The molecule has 4 aromatic rings. The summed E-state index contributed by atoms with van der Waals surface area (Å²) in [5, 5.41) is 10.4. The second kappa shape index (κ2) is 6.85. The molecule has 3 aromatic heterocycles. The predicted octanol–water partition coefficient (Wildman–Crippen LogP) is 3.25. The Balaban J connectivity index is 1.62. The van der Waals surface area contributed by atoms with E-state index in [1.54, 1.807) is 12.3 Å². The van der Waals surface area contributed by atoms with Gasteiger partial charge < -0.3 is 9.88 Å². The van der Waals surface area contributed by atoms with E-state index in [-0.39, 0.29) is 5.91 Å². The number of halogens is 1. The first-order valence-electron chi connectivity index (χ1n) is 8.39. The summed E-state index contributed by atoms with van der Waals surface area (Å²) in [6.07, 6.45) is 1.55. The van der Waals surface area contributed by atoms with Crippen LogP contribution >= 0.6 is 11.6 Å². The molecule has 1 aromatic carbocycles. The molecular formula is C19H17ClN6O. The molecule has 136 valence electrons. The Labute approximate surface area is 160 Å². The van der Waals surface area contributed by atoms with Gasteiger partial charge in [0.1, 0.15) is 11.3 Å². The molecule has 0 atom stereocenters. The molecule has 0 radical (unpaired) electrons. The van der Waals surface area contributed by atoms with Crippen molar-refractivity contribution < 1.29 is 4.79 Å². The fourth-order valence-corrected chi connectivity index (χ4v) is 3.14. The second-order valence-electron chi connectivity index (χ2n) is 6.27. The molecule has 1 amide bonds. The topological polar surface area (TPSA) is 88.5 Å². The van der Waals surface area contributed by atoms with Crippen molar-refractivity contribution >= 4 is 28.7 Å². The standard InChI is InChI=1S/C19H17ClN6O/c1-11-7-13(25-24-11)10-22-19(27)12-8-16-18(21-9-12)26(2)17(23-16)14-5-3-4-6-15(14)20/h3-9H,10H2,1-2H3,(H,22,27)(H,24,25). The van der Waals surface area contributed by atoms with Crippen LogP contribution in [0.15, 0.2) is 42.6 Å². The van der Waals surface area contributed by atoms with Crippen LogP contribution in [-0.4, -0.2) is 30.6 Å². The summed E-state index contributed by atoms with van der Waals surface area (Å²) in [6.45, 7) is 2.25. The fraction of sp³-hybridized carbons (Fsp3) is 0.158. The van der Waals surface area contributed by atoms with Crippen LogP contribution in [0.3, 0.4) is 0 Å². The van der Waals surface area contributed by atoms with E-state index in [1.165, 1.54) is 0 Å². The van der Waals surface area contributed by atoms with Crippen LogP contribution < -0.4 is 5.32 Å². The van der Waals surface area contributed by atoms with Crippen LogP contribution in [0.1, 0.15) is 21.7 Å². The van der Waals surface area contributed by atoms with Gasteiger partial charge in [0.05, 0.1) is 22.8 Å². The van der Waals surface area contributed by atoms with E-state index in [0.29, 0.717) is 34.1 Å². The zero-order chi connectivity index (χ0) is 19.0. The molecule has 0 fully saturated rings. The average molecular weight is 381 g/mol. The summed E-state index contributed by atoms with van der Waals surface area (Å²) in [6, 6.07) is 11.1. The monoisotopic (exact) mass is 380 g/mol. The van der Waals surface area contributed by atoms with Crippen LogP contribution in [-0.2, 0) is 13.6 Å². The lowest BCUT2D eigenvalue weighted by atomic mass is 10.2. The number of H-pyrrole nitrogens is 1. The van der Waals surface area contributed by atoms with Crippen molar-refractivity contribution in [3.05, 3.63) is 64.6 Å². The minimum Gasteiger partial charge on any atom is -0.346 e. The van der Waals surface area contributed by atoms with Gasteiger partial charge in [-0.25, -0.2) is 9.97 Å². The summed E-state index contributed by atoms with van der Waals surface area (Å²) < 4.78 is 1.87. The highest BCUT2D eigenvalue weighted by Crippen LogP contribution is 2.28. The van der Waals surface area contributed by atoms with E-state index in [9.17, 15) is 4.79 Å². The number of aromatic amines is 1. The summed E-state index contributed by atoms with van der Waals surface area (Å²) in [5.74, 6) is 0.475. The number of amides is 1. The number of nitrogens with zero attached hydrogens (tertiary/aromatic N) is 4. The molecule has 0 bridgehead atoms. The third-order valence-electron chi connectivity index (χ3n) is 4.27. The van der Waals surface area contributed by atoms with Gasteiger partial charge >= 0.3 is 0 Å². The molecule has 8 heteroatoms. The van der Waals surface area contributed by atoms with E-state index < -0.39 is 0 Å². The number of rotatable bonds is 4. The highest BCUT2D eigenvalue weighted by atomic mass is 35.5. The number of hydrogen-bond donors (Lipinski definition) is 2. The quantitative estimate of drug-likeness (QED) is 0.568. The lowest BCUT2D eigenvalue weighted by Crippen LogP contribution is -2.23. The largest absolute Gasteiger partial charge is 0.346 e. The van der Waals surface area contributed by atoms with Gasteiger partial charge in [0.2, 0.25) is 0 Å². The number of carbonyl (C=O) groups is 1. The van der Waals surface area contributed by atoms with Crippen LogP contribution in [0.25, 0.3) is 22.6 Å². The highest BCUT2D eigenvalue weighted by Gasteiger charge is 2.15. The van der Waals surface area contributed by atoms with Gasteiger partial charge in [-0.3, -0.25) is 9.89 Å². The van der Waals surface area contributed by atoms with Gasteiger partial charge in [-0.05, 0) is 31.2 Å². The number of benzene rings is 1. The number of pyridine rings is 1. The van der Waals surface area contributed by atoms with E-state index in [4.69, 9.17) is 11.6 Å². The van der Waals surface area contributed by atoms with Crippen molar-refractivity contribution in [2.45, 2.75) is 13.5 Å². The third-order valence-corrected chi connectivity index (χ3v) is 4.60. The van der Waals surface area contributed by atoms with Crippen LogP contribution in [0.4, 0.5) is 0 Å². The van der Waals surface area contributed by atoms with Crippen molar-refractivity contribution in [1.82, 2.24) is 30.0 Å². The first-order valence-corrected chi connectivity index (χ1v) is 8.77. The first kappa shape index (κ1) is 17.2. The number of aromatic nitrogens is 5. The molecule has 27 heavy (non-hydrogen) atoms. The molecule has 0 aliphatic rings. The molecule has 0 aliphatic carbocycles. The molecule has 7 nitrogen and oxygen atoms in total. The number of nitrogens with one attached hydrogen (secondary N) is 2. The third kappa shape index (κ3) is 3.29. The van der Waals surface area contributed by atoms with E-state index in [2.05, 4.69) is 25.5 Å². The van der Waals surface area contributed by atoms with Gasteiger partial charge in [-0.15, -0.1) is 0 Å². The lowest BCUT2D eigenvalue weighted by molar-refractivity contribution is 0.0950. The number of hydrogen-bond acceptors (Lipinski definition) is 4. The van der Waals surface area contributed by atoms with E-state index >= 15 is 0 Å². The van der Waals surface area contributed by atoms with Gasteiger partial charge in [0, 0.05) is 24.5 Å². The van der Waals surface area contributed by atoms with Crippen LogP contribution in [0, 0.1) is 6.92 Å². The van der Waals surface area contributed by atoms with E-state index in [1.807, 2.05) is 48.9 Å². The number of aryl methyl sites for hydroxylation is 2. The van der Waals surface area contributed by atoms with Crippen molar-refractivity contribution in [1.29, 1.82) is 0 Å². The maximum absolute atomic E-state index is 12.4. The van der Waals surface area contributed by atoms with Crippen LogP contribution in [0.2, 0.25) is 5.02 Å². The summed E-state index contributed by atoms with van der Waals surface area (Å²) in [4.78, 5) is 21.5. The Morgan fingerprint density at radius 1 is 1.30 bits per heavy atom. The summed E-state index contributed by atoms with van der Waals surface area (Å²) in [7, 11) is 1.88. The molecule has 3 heterocycles. The number of carbonyl (C=O) groups excluding carboxylic acids is 1. The molecule has 2 N–H and O–H groups in total. The maximum Gasteiger partial charge on any atom is 0.253 e. The smallest absolute Gasteiger partial charge is 0.253 e. The Morgan fingerprint density at radius 2 is 2.11 bits per heavy atom. The number of fused-ring (bicyclic) bond motifs is 1. The zero-order valence-electron chi connectivity index (χ0n) is 14.8. The van der Waals surface area contributed by atoms with Gasteiger partial charge in [0.15, 0.2) is 5.65 Å². The van der Waals surface area contributed by atoms with E-state index in [0.717, 1.165) is 17.0 Å². The van der Waals surface area contributed by atoms with Crippen molar-refractivity contribution in [2.24, 2.45) is 7.05 Å². The normalized spacial score (nSPS) is 11.1. The molecule has 0 saturated heterocycles. The Morgan fingerprint density at radius 3 is 2.85 bits per heavy atom. The average Bonchev–Trinajstić information content (AvgIpc) is 3.23. The van der Waals surface area contributed by atoms with Crippen LogP contribution in [0.5, 0.6) is 0 Å². The molecule has 0 saturated carbocycles. The van der Waals surface area contributed by atoms with Gasteiger partial charge in [0.25, 0.3) is 5.91 Å². The first-order chi connectivity index (χ1) is 13.0. The maximum atomic E-state index is 12.4. The Kier molecular flexibility index (Phi) is 4.37. The fourth-order valence-electron chi connectivity index (χ4n) is 2.92. The SMILES string of the molecule is Cc1cc(CNC(=O)c2cnc3c(c2)nc(-c2ccccc2Cl)n3C)n[nH]1. The lowest BCUT2D eigenvalue weighted by Gasteiger charge is -2.04. The summed E-state index contributed by atoms with van der Waals surface area (Å²) >= 11 is 6.29. The highest BCUT2D eigenvalue weighted by molar-refractivity contribution is 6.33.